The minimum Gasteiger partial charge on any atom is -0.385 e. The van der Waals surface area contributed by atoms with Crippen molar-refractivity contribution in [3.63, 3.8) is 0 Å². The zero-order valence-corrected chi connectivity index (χ0v) is 17.7. The molecule has 0 saturated heterocycles. The Bertz CT molecular complexity index is 1110. The Balaban J connectivity index is 1.27. The second-order valence-electron chi connectivity index (χ2n) is 8.08. The van der Waals surface area contributed by atoms with E-state index < -0.39 is 5.60 Å². The summed E-state index contributed by atoms with van der Waals surface area (Å²) >= 11 is 1.49. The van der Waals surface area contributed by atoms with Gasteiger partial charge in [0.2, 0.25) is 0 Å². The Kier molecular flexibility index (Phi) is 5.90. The van der Waals surface area contributed by atoms with Crippen LogP contribution < -0.4 is 5.32 Å². The minimum atomic E-state index is -0.817. The summed E-state index contributed by atoms with van der Waals surface area (Å²) < 4.78 is 5.38. The average Bonchev–Trinajstić information content (AvgIpc) is 3.20. The lowest BCUT2D eigenvalue weighted by atomic mass is 9.89. The van der Waals surface area contributed by atoms with Crippen LogP contribution in [0.15, 0.2) is 61.1 Å². The van der Waals surface area contributed by atoms with Gasteiger partial charge >= 0.3 is 0 Å². The quantitative estimate of drug-likeness (QED) is 0.412. The van der Waals surface area contributed by atoms with Gasteiger partial charge < -0.3 is 10.4 Å². The summed E-state index contributed by atoms with van der Waals surface area (Å²) in [6.07, 6.45) is 8.33. The van der Waals surface area contributed by atoms with E-state index in [9.17, 15) is 5.11 Å². The van der Waals surface area contributed by atoms with Crippen molar-refractivity contribution in [1.29, 1.82) is 0 Å². The fraction of sp³-hybridized carbons (Fsp3) is 0.333. The van der Waals surface area contributed by atoms with Gasteiger partial charge in [0.1, 0.15) is 0 Å². The van der Waals surface area contributed by atoms with Crippen LogP contribution in [0.4, 0.5) is 0 Å². The van der Waals surface area contributed by atoms with Gasteiger partial charge in [0.25, 0.3) is 0 Å². The van der Waals surface area contributed by atoms with Gasteiger partial charge in [-0.25, -0.2) is 0 Å². The van der Waals surface area contributed by atoms with Gasteiger partial charge in [-0.2, -0.15) is 4.37 Å². The van der Waals surface area contributed by atoms with Gasteiger partial charge in [-0.05, 0) is 85.4 Å². The third-order valence-electron chi connectivity index (χ3n) is 5.63. The lowest BCUT2D eigenvalue weighted by molar-refractivity contribution is 0.0445. The van der Waals surface area contributed by atoms with Crippen LogP contribution >= 0.6 is 11.5 Å². The molecule has 0 bridgehead atoms. The van der Waals surface area contributed by atoms with Crippen LogP contribution in [0.25, 0.3) is 20.9 Å². The van der Waals surface area contributed by atoms with Crippen molar-refractivity contribution in [2.45, 2.75) is 51.3 Å². The van der Waals surface area contributed by atoms with Gasteiger partial charge in [0.05, 0.1) is 10.3 Å². The van der Waals surface area contributed by atoms with Crippen LogP contribution in [0.2, 0.25) is 0 Å². The number of benzene rings is 2. The third-order valence-corrected chi connectivity index (χ3v) is 6.41. The molecule has 150 valence electrons. The molecule has 29 heavy (non-hydrogen) atoms. The van der Waals surface area contributed by atoms with Gasteiger partial charge in [0.15, 0.2) is 0 Å². The van der Waals surface area contributed by atoms with Crippen LogP contribution in [-0.4, -0.2) is 20.5 Å². The van der Waals surface area contributed by atoms with E-state index in [2.05, 4.69) is 51.9 Å². The molecule has 4 nitrogen and oxygen atoms in total. The van der Waals surface area contributed by atoms with E-state index in [0.717, 1.165) is 41.5 Å². The van der Waals surface area contributed by atoms with Crippen LogP contribution in [0.1, 0.15) is 44.2 Å². The van der Waals surface area contributed by atoms with Crippen LogP contribution in [-0.2, 0) is 12.1 Å². The second-order valence-corrected chi connectivity index (χ2v) is 8.92. The number of pyridine rings is 1. The Morgan fingerprint density at radius 1 is 1.07 bits per heavy atom. The average molecular weight is 406 g/mol. The van der Waals surface area contributed by atoms with Crippen molar-refractivity contribution < 1.29 is 5.11 Å². The molecule has 2 heterocycles. The monoisotopic (exact) mass is 405 g/mol. The van der Waals surface area contributed by atoms with E-state index in [1.54, 1.807) is 0 Å². The number of aliphatic hydroxyl groups is 1. The number of rotatable bonds is 8. The molecule has 0 spiro atoms. The highest BCUT2D eigenvalue weighted by atomic mass is 32.1. The van der Waals surface area contributed by atoms with Gasteiger partial charge in [-0.1, -0.05) is 18.2 Å². The standard InChI is InChI=1S/C24H27N3OS/c1-17(26-14-18-5-6-20-15-25-11-9-19(20)12-18)4-3-10-24(2,28)22-7-8-23-21(13-22)16-27-29-23/h5-9,11-13,15-17,26,28H,3-4,10,14H2,1-2H3/t17-,24?/m1/s1. The summed E-state index contributed by atoms with van der Waals surface area (Å²) in [6.45, 7) is 4.97. The lowest BCUT2D eigenvalue weighted by Crippen LogP contribution is -2.27. The first-order valence-corrected chi connectivity index (χ1v) is 10.9. The predicted molar refractivity (Wildman–Crippen MR) is 121 cm³/mol. The summed E-state index contributed by atoms with van der Waals surface area (Å²) in [5, 5.41) is 18.1. The first-order chi connectivity index (χ1) is 14.0. The molecule has 0 aliphatic heterocycles. The second kappa shape index (κ2) is 8.57. The SMILES string of the molecule is C[C@H](CCCC(C)(O)c1ccc2sncc2c1)NCc1ccc2cnccc2c1. The minimum absolute atomic E-state index is 0.391. The maximum Gasteiger partial charge on any atom is 0.0868 e. The Hall–Kier alpha value is -2.34. The van der Waals surface area contributed by atoms with E-state index >= 15 is 0 Å². The first kappa shape index (κ1) is 20.0. The topological polar surface area (TPSA) is 58.0 Å². The Morgan fingerprint density at radius 2 is 1.97 bits per heavy atom. The smallest absolute Gasteiger partial charge is 0.0868 e. The first-order valence-electron chi connectivity index (χ1n) is 10.1. The van der Waals surface area contributed by atoms with Crippen molar-refractivity contribution in [1.82, 2.24) is 14.7 Å². The molecule has 0 saturated carbocycles. The molecule has 0 fully saturated rings. The number of fused-ring (bicyclic) bond motifs is 2. The summed E-state index contributed by atoms with van der Waals surface area (Å²) in [5.74, 6) is 0. The number of aromatic nitrogens is 2. The van der Waals surface area contributed by atoms with Crippen molar-refractivity contribution in [2.75, 3.05) is 0 Å². The van der Waals surface area contributed by atoms with E-state index in [0.29, 0.717) is 6.04 Å². The van der Waals surface area contributed by atoms with Gasteiger partial charge in [0, 0.05) is 41.9 Å². The Labute approximate surface area is 175 Å². The fourth-order valence-electron chi connectivity index (χ4n) is 3.74. The summed E-state index contributed by atoms with van der Waals surface area (Å²) in [5.41, 5.74) is 1.43. The molecule has 0 aliphatic carbocycles. The van der Waals surface area contributed by atoms with E-state index in [4.69, 9.17) is 0 Å². The summed E-state index contributed by atoms with van der Waals surface area (Å²) in [4.78, 5) is 4.17. The largest absolute Gasteiger partial charge is 0.385 e. The third kappa shape index (κ3) is 4.81. The van der Waals surface area contributed by atoms with E-state index in [1.165, 1.54) is 27.9 Å². The molecular weight excluding hydrogens is 378 g/mol. The lowest BCUT2D eigenvalue weighted by Gasteiger charge is -2.25. The molecule has 0 amide bonds. The molecule has 4 aromatic rings. The maximum atomic E-state index is 11.0. The zero-order valence-electron chi connectivity index (χ0n) is 16.9. The van der Waals surface area contributed by atoms with Crippen molar-refractivity contribution >= 4 is 32.4 Å². The molecule has 5 heteroatoms. The molecule has 2 N–H and O–H groups in total. The molecule has 4 rings (SSSR count). The Morgan fingerprint density at radius 3 is 2.86 bits per heavy atom. The molecule has 2 atom stereocenters. The zero-order chi connectivity index (χ0) is 20.3. The summed E-state index contributed by atoms with van der Waals surface area (Å²) in [6, 6.07) is 15.1. The van der Waals surface area contributed by atoms with Gasteiger partial charge in [-0.15, -0.1) is 0 Å². The number of nitrogens with one attached hydrogen (secondary N) is 1. The highest BCUT2D eigenvalue weighted by molar-refractivity contribution is 7.13. The number of hydrogen-bond donors (Lipinski definition) is 2. The number of nitrogens with zero attached hydrogens (tertiary/aromatic N) is 2. The van der Waals surface area contributed by atoms with Crippen molar-refractivity contribution in [3.05, 3.63) is 72.2 Å². The normalized spacial score (nSPS) is 14.9. The molecular formula is C24H27N3OS. The molecule has 2 aromatic heterocycles. The highest BCUT2D eigenvalue weighted by Gasteiger charge is 2.23. The van der Waals surface area contributed by atoms with Crippen LogP contribution in [0, 0.1) is 0 Å². The molecule has 0 aliphatic rings. The van der Waals surface area contributed by atoms with Gasteiger partial charge in [-0.3, -0.25) is 4.98 Å². The number of hydrogen-bond acceptors (Lipinski definition) is 5. The molecule has 2 aromatic carbocycles. The maximum absolute atomic E-state index is 11.0. The van der Waals surface area contributed by atoms with E-state index in [-0.39, 0.29) is 0 Å². The van der Waals surface area contributed by atoms with E-state index in [1.807, 2.05) is 37.6 Å². The van der Waals surface area contributed by atoms with Crippen molar-refractivity contribution in [2.24, 2.45) is 0 Å². The highest BCUT2D eigenvalue weighted by Crippen LogP contribution is 2.30. The molecule has 1 unspecified atom stereocenters. The fourth-order valence-corrected chi connectivity index (χ4v) is 4.37. The van der Waals surface area contributed by atoms with Crippen LogP contribution in [0.3, 0.4) is 0 Å². The molecule has 0 radical (unpaired) electrons. The van der Waals surface area contributed by atoms with Crippen LogP contribution in [0.5, 0.6) is 0 Å². The predicted octanol–water partition coefficient (Wildman–Crippen LogP) is 5.40. The van der Waals surface area contributed by atoms with Crippen molar-refractivity contribution in [3.8, 4) is 0 Å². The summed E-state index contributed by atoms with van der Waals surface area (Å²) in [7, 11) is 0.